The Bertz CT molecular complexity index is 922. The summed E-state index contributed by atoms with van der Waals surface area (Å²) in [6.45, 7) is 6.07. The highest BCUT2D eigenvalue weighted by Crippen LogP contribution is 2.21. The number of amides is 1. The van der Waals surface area contributed by atoms with Crippen LogP contribution in [-0.2, 0) is 4.79 Å². The number of ether oxygens (including phenoxy) is 2. The number of para-hydroxylation sites is 1. The van der Waals surface area contributed by atoms with Gasteiger partial charge in [0.25, 0.3) is 5.91 Å². The predicted molar refractivity (Wildman–Crippen MR) is 108 cm³/mol. The van der Waals surface area contributed by atoms with Crippen molar-refractivity contribution in [2.75, 3.05) is 6.61 Å². The van der Waals surface area contributed by atoms with Gasteiger partial charge < -0.3 is 14.8 Å². The minimum absolute atomic E-state index is 0.125. The van der Waals surface area contributed by atoms with Crippen LogP contribution in [0.3, 0.4) is 0 Å². The van der Waals surface area contributed by atoms with Gasteiger partial charge in [0.1, 0.15) is 18.1 Å². The highest BCUT2D eigenvalue weighted by Gasteiger charge is 2.17. The number of benzene rings is 3. The fourth-order valence-electron chi connectivity index (χ4n) is 2.83. The molecule has 140 valence electrons. The number of nitrogens with one attached hydrogen (secondary N) is 1. The van der Waals surface area contributed by atoms with Crippen LogP contribution in [0.4, 0.5) is 0 Å². The van der Waals surface area contributed by atoms with Crippen molar-refractivity contribution in [3.63, 3.8) is 0 Å². The molecule has 0 aliphatic carbocycles. The smallest absolute Gasteiger partial charge is 0.261 e. The van der Waals surface area contributed by atoms with Crippen LogP contribution in [0, 0.1) is 6.92 Å². The lowest BCUT2D eigenvalue weighted by Gasteiger charge is -2.19. The standard InChI is InChI=1S/C23H25NO3/c1-16-8-4-7-11-22(16)26-15-17(2)24-23(25)18(3)27-21-13-12-19-9-5-6-10-20(19)14-21/h4-14,17-18H,15H2,1-3H3,(H,24,25)/t17-,18-/m0/s1. The molecule has 3 rings (SSSR count). The molecule has 2 atom stereocenters. The SMILES string of the molecule is Cc1ccccc1OC[C@H](C)NC(=O)[C@H](C)Oc1ccc2ccccc2c1. The van der Waals surface area contributed by atoms with Gasteiger partial charge in [0.05, 0.1) is 6.04 Å². The molecule has 0 spiro atoms. The summed E-state index contributed by atoms with van der Waals surface area (Å²) in [7, 11) is 0. The lowest BCUT2D eigenvalue weighted by Crippen LogP contribution is -2.43. The predicted octanol–water partition coefficient (Wildman–Crippen LogP) is 4.50. The zero-order valence-corrected chi connectivity index (χ0v) is 15.9. The molecule has 3 aromatic rings. The first-order valence-electron chi connectivity index (χ1n) is 9.17. The van der Waals surface area contributed by atoms with E-state index in [0.29, 0.717) is 12.4 Å². The molecule has 0 aromatic heterocycles. The van der Waals surface area contributed by atoms with Crippen molar-refractivity contribution in [2.24, 2.45) is 0 Å². The van der Waals surface area contributed by atoms with Gasteiger partial charge in [0.15, 0.2) is 6.10 Å². The van der Waals surface area contributed by atoms with Gasteiger partial charge in [-0.15, -0.1) is 0 Å². The maximum absolute atomic E-state index is 12.4. The number of aryl methyl sites for hydroxylation is 1. The second-order valence-corrected chi connectivity index (χ2v) is 6.76. The van der Waals surface area contributed by atoms with Crippen molar-refractivity contribution in [2.45, 2.75) is 32.9 Å². The van der Waals surface area contributed by atoms with Gasteiger partial charge in [0, 0.05) is 0 Å². The zero-order valence-electron chi connectivity index (χ0n) is 15.9. The topological polar surface area (TPSA) is 47.6 Å². The molecule has 0 saturated heterocycles. The van der Waals surface area contributed by atoms with Crippen molar-refractivity contribution in [3.05, 3.63) is 72.3 Å². The zero-order chi connectivity index (χ0) is 19.2. The minimum atomic E-state index is -0.591. The van der Waals surface area contributed by atoms with Crippen molar-refractivity contribution in [3.8, 4) is 11.5 Å². The van der Waals surface area contributed by atoms with Gasteiger partial charge in [-0.2, -0.15) is 0 Å². The van der Waals surface area contributed by atoms with Gasteiger partial charge in [0.2, 0.25) is 0 Å². The summed E-state index contributed by atoms with van der Waals surface area (Å²) in [4.78, 5) is 12.4. The Morgan fingerprint density at radius 3 is 2.44 bits per heavy atom. The van der Waals surface area contributed by atoms with Crippen LogP contribution in [0.2, 0.25) is 0 Å². The van der Waals surface area contributed by atoms with Gasteiger partial charge in [-0.05, 0) is 55.3 Å². The molecule has 0 saturated carbocycles. The minimum Gasteiger partial charge on any atom is -0.491 e. The highest BCUT2D eigenvalue weighted by atomic mass is 16.5. The van der Waals surface area contributed by atoms with Gasteiger partial charge in [-0.1, -0.05) is 48.5 Å². The second-order valence-electron chi connectivity index (χ2n) is 6.76. The summed E-state index contributed by atoms with van der Waals surface area (Å²) in [5.74, 6) is 1.35. The summed E-state index contributed by atoms with van der Waals surface area (Å²) in [6, 6.07) is 21.6. The van der Waals surface area contributed by atoms with Crippen LogP contribution >= 0.6 is 0 Å². The molecule has 1 N–H and O–H groups in total. The number of carbonyl (C=O) groups excluding carboxylic acids is 1. The van der Waals surface area contributed by atoms with Crippen molar-refractivity contribution >= 4 is 16.7 Å². The van der Waals surface area contributed by atoms with Gasteiger partial charge >= 0.3 is 0 Å². The van der Waals surface area contributed by atoms with E-state index in [0.717, 1.165) is 22.1 Å². The van der Waals surface area contributed by atoms with Crippen molar-refractivity contribution < 1.29 is 14.3 Å². The van der Waals surface area contributed by atoms with E-state index in [1.165, 1.54) is 0 Å². The van der Waals surface area contributed by atoms with E-state index < -0.39 is 6.10 Å². The fraction of sp³-hybridized carbons (Fsp3) is 0.261. The van der Waals surface area contributed by atoms with E-state index in [-0.39, 0.29) is 11.9 Å². The summed E-state index contributed by atoms with van der Waals surface area (Å²) in [5, 5.41) is 5.17. The number of hydrogen-bond acceptors (Lipinski definition) is 3. The monoisotopic (exact) mass is 363 g/mol. The molecule has 0 radical (unpaired) electrons. The third kappa shape index (κ3) is 5.00. The average Bonchev–Trinajstić information content (AvgIpc) is 2.67. The quantitative estimate of drug-likeness (QED) is 0.672. The largest absolute Gasteiger partial charge is 0.491 e. The molecule has 3 aromatic carbocycles. The van der Waals surface area contributed by atoms with Crippen LogP contribution in [0.15, 0.2) is 66.7 Å². The third-order valence-corrected chi connectivity index (χ3v) is 4.37. The summed E-state index contributed by atoms with van der Waals surface area (Å²) < 4.78 is 11.6. The van der Waals surface area contributed by atoms with E-state index in [4.69, 9.17) is 9.47 Å². The van der Waals surface area contributed by atoms with E-state index >= 15 is 0 Å². The molecule has 0 heterocycles. The van der Waals surface area contributed by atoms with E-state index in [1.807, 2.05) is 80.6 Å². The molecule has 4 heteroatoms. The molecule has 27 heavy (non-hydrogen) atoms. The third-order valence-electron chi connectivity index (χ3n) is 4.37. The first-order chi connectivity index (χ1) is 13.0. The lowest BCUT2D eigenvalue weighted by molar-refractivity contribution is -0.128. The first-order valence-corrected chi connectivity index (χ1v) is 9.17. The molecule has 0 aliphatic heterocycles. The number of carbonyl (C=O) groups is 1. The van der Waals surface area contributed by atoms with Crippen LogP contribution < -0.4 is 14.8 Å². The molecule has 1 amide bonds. The van der Waals surface area contributed by atoms with Crippen molar-refractivity contribution in [1.82, 2.24) is 5.32 Å². The fourth-order valence-corrected chi connectivity index (χ4v) is 2.83. The first kappa shape index (κ1) is 18.8. The Hall–Kier alpha value is -3.01. The second kappa shape index (κ2) is 8.58. The van der Waals surface area contributed by atoms with Crippen LogP contribution in [0.1, 0.15) is 19.4 Å². The van der Waals surface area contributed by atoms with E-state index in [2.05, 4.69) is 5.32 Å². The average molecular weight is 363 g/mol. The van der Waals surface area contributed by atoms with Crippen molar-refractivity contribution in [1.29, 1.82) is 0 Å². The number of hydrogen-bond donors (Lipinski definition) is 1. The molecular formula is C23H25NO3. The molecule has 0 bridgehead atoms. The molecule has 0 unspecified atom stereocenters. The van der Waals surface area contributed by atoms with Gasteiger partial charge in [-0.25, -0.2) is 0 Å². The molecular weight excluding hydrogens is 338 g/mol. The molecule has 0 fully saturated rings. The maximum atomic E-state index is 12.4. The summed E-state index contributed by atoms with van der Waals surface area (Å²) >= 11 is 0. The van der Waals surface area contributed by atoms with Crippen LogP contribution in [0.5, 0.6) is 11.5 Å². The van der Waals surface area contributed by atoms with Gasteiger partial charge in [-0.3, -0.25) is 4.79 Å². The Balaban J connectivity index is 1.52. The van der Waals surface area contributed by atoms with E-state index in [1.54, 1.807) is 6.92 Å². The Kier molecular flexibility index (Phi) is 5.97. The Labute approximate surface area is 160 Å². The molecule has 0 aliphatic rings. The normalized spacial score (nSPS) is 13.0. The highest BCUT2D eigenvalue weighted by molar-refractivity contribution is 5.84. The number of fused-ring (bicyclic) bond motifs is 1. The van der Waals surface area contributed by atoms with Crippen LogP contribution in [0.25, 0.3) is 10.8 Å². The molecule has 4 nitrogen and oxygen atoms in total. The summed E-state index contributed by atoms with van der Waals surface area (Å²) in [5.41, 5.74) is 1.07. The Morgan fingerprint density at radius 1 is 0.963 bits per heavy atom. The Morgan fingerprint density at radius 2 is 1.67 bits per heavy atom. The summed E-state index contributed by atoms with van der Waals surface area (Å²) in [6.07, 6.45) is -0.591. The van der Waals surface area contributed by atoms with Crippen LogP contribution in [-0.4, -0.2) is 24.7 Å². The van der Waals surface area contributed by atoms with E-state index in [9.17, 15) is 4.79 Å². The number of rotatable bonds is 7. The lowest BCUT2D eigenvalue weighted by atomic mass is 10.1. The maximum Gasteiger partial charge on any atom is 0.261 e.